The molecule has 0 aliphatic heterocycles. The van der Waals surface area contributed by atoms with Gasteiger partial charge >= 0.3 is 0 Å². The number of aldehydes is 1. The summed E-state index contributed by atoms with van der Waals surface area (Å²) in [6.07, 6.45) is 2.85. The number of fused-ring (bicyclic) bond motifs is 5. The molecule has 0 unspecified atom stereocenters. The van der Waals surface area contributed by atoms with Crippen LogP contribution in [0.3, 0.4) is 0 Å². The maximum absolute atomic E-state index is 14.0. The number of carbonyl (C=O) groups is 1. The molecular weight excluding hydrogens is 279 g/mol. The van der Waals surface area contributed by atoms with Gasteiger partial charge in [-0.3, -0.25) is 0 Å². The van der Waals surface area contributed by atoms with Crippen molar-refractivity contribution in [1.82, 2.24) is 10.2 Å². The molecule has 0 radical (unpaired) electrons. The van der Waals surface area contributed by atoms with Crippen LogP contribution in [0.2, 0.25) is 0 Å². The Balaban J connectivity index is 1.91. The van der Waals surface area contributed by atoms with Gasteiger partial charge in [0.15, 0.2) is 0 Å². The monoisotopic (exact) mass is 296 g/mol. The molecule has 1 heterocycles. The van der Waals surface area contributed by atoms with E-state index in [2.05, 4.69) is 24.0 Å². The zero-order valence-corrected chi connectivity index (χ0v) is 12.6. The first-order valence-electron chi connectivity index (χ1n) is 7.60. The summed E-state index contributed by atoms with van der Waals surface area (Å²) >= 11 is 0. The highest BCUT2D eigenvalue weighted by Gasteiger charge is 2.63. The Morgan fingerprint density at radius 3 is 2.77 bits per heavy atom. The molecule has 2 aliphatic carbocycles. The molecule has 1 aromatic heterocycles. The van der Waals surface area contributed by atoms with E-state index in [1.165, 1.54) is 6.07 Å². The molecule has 112 valence electrons. The predicted octanol–water partition coefficient (Wildman–Crippen LogP) is 3.64. The number of aromatic nitrogens is 2. The van der Waals surface area contributed by atoms with Crippen molar-refractivity contribution in [3.05, 3.63) is 47.4 Å². The lowest BCUT2D eigenvalue weighted by atomic mass is 9.69. The molecule has 2 aromatic rings. The fraction of sp³-hybridized carbons (Fsp3) is 0.389. The van der Waals surface area contributed by atoms with Gasteiger partial charge in [0, 0.05) is 5.56 Å². The van der Waals surface area contributed by atoms with Crippen LogP contribution in [-0.2, 0) is 10.2 Å². The van der Waals surface area contributed by atoms with Crippen molar-refractivity contribution in [1.29, 1.82) is 0 Å². The number of rotatable bonds is 2. The average Bonchev–Trinajstić information content (AvgIpc) is 2.89. The van der Waals surface area contributed by atoms with Crippen molar-refractivity contribution in [2.45, 2.75) is 38.0 Å². The van der Waals surface area contributed by atoms with Gasteiger partial charge in [-0.05, 0) is 47.9 Å². The van der Waals surface area contributed by atoms with Crippen LogP contribution in [0.1, 0.15) is 43.9 Å². The van der Waals surface area contributed by atoms with Crippen molar-refractivity contribution in [2.24, 2.45) is 5.41 Å². The lowest BCUT2D eigenvalue weighted by Gasteiger charge is -2.32. The van der Waals surface area contributed by atoms with Crippen LogP contribution in [-0.4, -0.2) is 16.5 Å². The number of hydrogen-bond donors (Lipinski definition) is 0. The molecule has 0 N–H and O–H groups in total. The summed E-state index contributed by atoms with van der Waals surface area (Å²) in [6, 6.07) is 8.51. The van der Waals surface area contributed by atoms with E-state index >= 15 is 0 Å². The largest absolute Gasteiger partial charge is 0.302 e. The van der Waals surface area contributed by atoms with Gasteiger partial charge in [-0.2, -0.15) is 10.2 Å². The summed E-state index contributed by atoms with van der Waals surface area (Å²) in [5, 5.41) is 8.56. The molecule has 22 heavy (non-hydrogen) atoms. The van der Waals surface area contributed by atoms with E-state index in [0.29, 0.717) is 11.3 Å². The normalized spacial score (nSPS) is 27.7. The van der Waals surface area contributed by atoms with Crippen LogP contribution in [0.15, 0.2) is 30.3 Å². The first kappa shape index (κ1) is 13.6. The summed E-state index contributed by atoms with van der Waals surface area (Å²) in [7, 11) is 0. The van der Waals surface area contributed by atoms with Crippen LogP contribution < -0.4 is 0 Å². The minimum Gasteiger partial charge on any atom is -0.302 e. The lowest BCUT2D eigenvalue weighted by Crippen LogP contribution is -2.37. The molecule has 1 aromatic carbocycles. The van der Waals surface area contributed by atoms with Crippen molar-refractivity contribution in [3.8, 4) is 11.3 Å². The third-order valence-electron chi connectivity index (χ3n) is 5.82. The van der Waals surface area contributed by atoms with Crippen LogP contribution in [0.5, 0.6) is 0 Å². The summed E-state index contributed by atoms with van der Waals surface area (Å²) < 4.78 is 14.0. The first-order chi connectivity index (χ1) is 10.5. The molecule has 0 spiro atoms. The van der Waals surface area contributed by atoms with E-state index in [9.17, 15) is 9.18 Å². The summed E-state index contributed by atoms with van der Waals surface area (Å²) in [4.78, 5) is 11.8. The molecular formula is C18H17FN2O. The third kappa shape index (κ3) is 1.42. The van der Waals surface area contributed by atoms with E-state index in [0.717, 1.165) is 30.4 Å². The van der Waals surface area contributed by atoms with Crippen LogP contribution >= 0.6 is 0 Å². The van der Waals surface area contributed by atoms with Gasteiger partial charge in [0.1, 0.15) is 12.1 Å². The fourth-order valence-corrected chi connectivity index (χ4v) is 4.42. The predicted molar refractivity (Wildman–Crippen MR) is 80.9 cm³/mol. The van der Waals surface area contributed by atoms with Crippen molar-refractivity contribution < 1.29 is 9.18 Å². The maximum Gasteiger partial charge on any atom is 0.132 e. The van der Waals surface area contributed by atoms with E-state index < -0.39 is 5.41 Å². The molecule has 3 nitrogen and oxygen atoms in total. The van der Waals surface area contributed by atoms with Gasteiger partial charge in [0.25, 0.3) is 0 Å². The van der Waals surface area contributed by atoms with Gasteiger partial charge < -0.3 is 4.79 Å². The molecule has 2 bridgehead atoms. The molecule has 0 saturated heterocycles. The van der Waals surface area contributed by atoms with Gasteiger partial charge in [0.2, 0.25) is 0 Å². The van der Waals surface area contributed by atoms with Crippen LogP contribution in [0.25, 0.3) is 11.3 Å². The molecule has 4 heteroatoms. The van der Waals surface area contributed by atoms with E-state index in [1.807, 2.05) is 6.07 Å². The van der Waals surface area contributed by atoms with Gasteiger partial charge in [-0.1, -0.05) is 26.0 Å². The molecule has 0 amide bonds. The van der Waals surface area contributed by atoms with Gasteiger partial charge in [-0.15, -0.1) is 0 Å². The highest BCUT2D eigenvalue weighted by atomic mass is 19.1. The zero-order chi connectivity index (χ0) is 15.5. The SMILES string of the molecule is CC1(C)[C@@H]2CC[C@@]1(C=O)c1nnc(-c3ccccc3F)cc12. The second-order valence-corrected chi connectivity index (χ2v) is 6.92. The summed E-state index contributed by atoms with van der Waals surface area (Å²) in [6.45, 7) is 4.26. The standard InChI is InChI=1S/C18H17FN2O/c1-17(2)13-7-8-18(17,10-22)16-12(13)9-15(20-21-16)11-5-3-4-6-14(11)19/h3-6,9-10,13H,7-8H2,1-2H3/t13-,18-/m1/s1. The Morgan fingerprint density at radius 2 is 2.05 bits per heavy atom. The lowest BCUT2D eigenvalue weighted by molar-refractivity contribution is -0.115. The Bertz CT molecular complexity index is 786. The second kappa shape index (κ2) is 4.22. The second-order valence-electron chi connectivity index (χ2n) is 6.92. The van der Waals surface area contributed by atoms with E-state index in [-0.39, 0.29) is 17.2 Å². The Morgan fingerprint density at radius 1 is 1.27 bits per heavy atom. The Labute approximate surface area is 128 Å². The molecule has 4 rings (SSSR count). The van der Waals surface area contributed by atoms with Gasteiger partial charge in [-0.25, -0.2) is 4.39 Å². The van der Waals surface area contributed by atoms with Crippen molar-refractivity contribution >= 4 is 6.29 Å². The number of benzene rings is 1. The average molecular weight is 296 g/mol. The van der Waals surface area contributed by atoms with Crippen LogP contribution in [0, 0.1) is 11.2 Å². The smallest absolute Gasteiger partial charge is 0.132 e. The molecule has 1 fully saturated rings. The maximum atomic E-state index is 14.0. The summed E-state index contributed by atoms with van der Waals surface area (Å²) in [5.41, 5.74) is 2.17. The highest BCUT2D eigenvalue weighted by molar-refractivity contribution is 5.76. The Hall–Kier alpha value is -2.10. The van der Waals surface area contributed by atoms with Crippen molar-refractivity contribution in [2.75, 3.05) is 0 Å². The topological polar surface area (TPSA) is 42.9 Å². The molecule has 2 atom stereocenters. The Kier molecular flexibility index (Phi) is 2.60. The van der Waals surface area contributed by atoms with Gasteiger partial charge in [0.05, 0.1) is 16.8 Å². The van der Waals surface area contributed by atoms with Crippen molar-refractivity contribution in [3.63, 3.8) is 0 Å². The number of halogens is 1. The highest BCUT2D eigenvalue weighted by Crippen LogP contribution is 2.66. The quantitative estimate of drug-likeness (QED) is 0.795. The minimum absolute atomic E-state index is 0.153. The van der Waals surface area contributed by atoms with Crippen LogP contribution in [0.4, 0.5) is 4.39 Å². The molecule has 2 aliphatic rings. The van der Waals surface area contributed by atoms with E-state index in [1.54, 1.807) is 18.2 Å². The fourth-order valence-electron chi connectivity index (χ4n) is 4.42. The minimum atomic E-state index is -0.534. The number of hydrogen-bond acceptors (Lipinski definition) is 3. The first-order valence-corrected chi connectivity index (χ1v) is 7.60. The summed E-state index contributed by atoms with van der Waals surface area (Å²) in [5.74, 6) is -0.0157. The number of carbonyl (C=O) groups excluding carboxylic acids is 1. The number of nitrogens with zero attached hydrogens (tertiary/aromatic N) is 2. The van der Waals surface area contributed by atoms with E-state index in [4.69, 9.17) is 0 Å². The zero-order valence-electron chi connectivity index (χ0n) is 12.6. The third-order valence-corrected chi connectivity index (χ3v) is 5.82. The molecule has 1 saturated carbocycles.